The van der Waals surface area contributed by atoms with E-state index in [0.29, 0.717) is 0 Å². The first-order valence-electron chi connectivity index (χ1n) is 4.89. The lowest BCUT2D eigenvalue weighted by molar-refractivity contribution is -0.385. The molecule has 18 heavy (non-hydrogen) atoms. The van der Waals surface area contributed by atoms with Crippen LogP contribution in [0.15, 0.2) is 36.7 Å². The molecule has 0 fully saturated rings. The Morgan fingerprint density at radius 3 is 2.78 bits per heavy atom. The molecule has 7 heteroatoms. The van der Waals surface area contributed by atoms with Crippen LogP contribution in [0.2, 0.25) is 0 Å². The molecule has 0 bridgehead atoms. The molecule has 6 nitrogen and oxygen atoms in total. The van der Waals surface area contributed by atoms with Gasteiger partial charge in [0, 0.05) is 24.4 Å². The van der Waals surface area contributed by atoms with Crippen LogP contribution in [0.5, 0.6) is 11.5 Å². The van der Waals surface area contributed by atoms with Gasteiger partial charge in [0.2, 0.25) is 5.75 Å². The van der Waals surface area contributed by atoms with Crippen molar-refractivity contribution < 1.29 is 14.1 Å². The number of nitro benzene ring substituents is 1. The zero-order valence-electron chi connectivity index (χ0n) is 9.04. The third-order valence-electron chi connectivity index (χ3n) is 2.15. The molecular formula is C11H8FN3O3. The smallest absolute Gasteiger partial charge is 0.311 e. The molecule has 0 aliphatic heterocycles. The van der Waals surface area contributed by atoms with E-state index in [9.17, 15) is 14.5 Å². The maximum Gasteiger partial charge on any atom is 0.311 e. The van der Waals surface area contributed by atoms with Gasteiger partial charge in [-0.3, -0.25) is 15.1 Å². The summed E-state index contributed by atoms with van der Waals surface area (Å²) in [4.78, 5) is 13.9. The van der Waals surface area contributed by atoms with Crippen molar-refractivity contribution in [2.24, 2.45) is 0 Å². The number of nitro groups is 1. The molecule has 2 rings (SSSR count). The van der Waals surface area contributed by atoms with Crippen LogP contribution in [-0.4, -0.2) is 9.91 Å². The Kier molecular flexibility index (Phi) is 3.05. The lowest BCUT2D eigenvalue weighted by Crippen LogP contribution is -1.97. The second kappa shape index (κ2) is 4.66. The van der Waals surface area contributed by atoms with E-state index in [1.165, 1.54) is 18.5 Å². The first kappa shape index (κ1) is 11.8. The highest BCUT2D eigenvalue weighted by Crippen LogP contribution is 2.33. The predicted molar refractivity (Wildman–Crippen MR) is 61.8 cm³/mol. The van der Waals surface area contributed by atoms with Gasteiger partial charge in [0.15, 0.2) is 5.75 Å². The summed E-state index contributed by atoms with van der Waals surface area (Å²) in [6, 6.07) is 4.38. The van der Waals surface area contributed by atoms with Crippen molar-refractivity contribution in [1.82, 2.24) is 4.98 Å². The van der Waals surface area contributed by atoms with Crippen molar-refractivity contribution in [3.05, 3.63) is 52.6 Å². The molecule has 0 amide bonds. The summed E-state index contributed by atoms with van der Waals surface area (Å²) in [7, 11) is 0. The summed E-state index contributed by atoms with van der Waals surface area (Å²) in [5, 5.41) is 10.8. The number of aromatic nitrogens is 1. The number of halogens is 1. The zero-order chi connectivity index (χ0) is 13.1. The SMILES string of the molecule is Nc1cnccc1Oc1cc(F)ccc1[N+](=O)[O-]. The molecule has 0 radical (unpaired) electrons. The summed E-state index contributed by atoms with van der Waals surface area (Å²) in [6.07, 6.45) is 2.75. The predicted octanol–water partition coefficient (Wildman–Crippen LogP) is 2.50. The Morgan fingerprint density at radius 2 is 2.11 bits per heavy atom. The van der Waals surface area contributed by atoms with Crippen molar-refractivity contribution >= 4 is 11.4 Å². The normalized spacial score (nSPS) is 10.1. The molecule has 1 heterocycles. The van der Waals surface area contributed by atoms with Crippen molar-refractivity contribution in [2.45, 2.75) is 0 Å². The van der Waals surface area contributed by atoms with Gasteiger partial charge in [-0.05, 0) is 6.07 Å². The maximum absolute atomic E-state index is 13.1. The van der Waals surface area contributed by atoms with E-state index in [0.717, 1.165) is 18.2 Å². The topological polar surface area (TPSA) is 91.3 Å². The first-order valence-corrected chi connectivity index (χ1v) is 4.89. The molecule has 1 aromatic carbocycles. The van der Waals surface area contributed by atoms with Crippen LogP contribution < -0.4 is 10.5 Å². The standard InChI is InChI=1S/C11H8FN3O3/c12-7-1-2-9(15(16)17)11(5-7)18-10-3-4-14-6-8(10)13/h1-6H,13H2. The Bertz CT molecular complexity index is 604. The highest BCUT2D eigenvalue weighted by atomic mass is 19.1. The van der Waals surface area contributed by atoms with Crippen molar-refractivity contribution in [3.8, 4) is 11.5 Å². The minimum atomic E-state index is -0.661. The average molecular weight is 249 g/mol. The van der Waals surface area contributed by atoms with Gasteiger partial charge in [0.05, 0.1) is 16.8 Å². The second-order valence-electron chi connectivity index (χ2n) is 3.38. The maximum atomic E-state index is 13.1. The zero-order valence-corrected chi connectivity index (χ0v) is 9.04. The second-order valence-corrected chi connectivity index (χ2v) is 3.38. The third-order valence-corrected chi connectivity index (χ3v) is 2.15. The number of pyridine rings is 1. The first-order chi connectivity index (χ1) is 8.58. The largest absolute Gasteiger partial charge is 0.448 e. The molecule has 0 atom stereocenters. The Hall–Kier alpha value is -2.70. The van der Waals surface area contributed by atoms with Crippen LogP contribution in [0.3, 0.4) is 0 Å². The van der Waals surface area contributed by atoms with Crippen LogP contribution in [0, 0.1) is 15.9 Å². The summed E-state index contributed by atoms with van der Waals surface area (Å²) in [5.74, 6) is -0.667. The molecule has 2 N–H and O–H groups in total. The quantitative estimate of drug-likeness (QED) is 0.666. The lowest BCUT2D eigenvalue weighted by Gasteiger charge is -2.07. The fraction of sp³-hybridized carbons (Fsp3) is 0. The van der Waals surface area contributed by atoms with Crippen LogP contribution >= 0.6 is 0 Å². The van der Waals surface area contributed by atoms with Gasteiger partial charge in [0.25, 0.3) is 0 Å². The van der Waals surface area contributed by atoms with Gasteiger partial charge in [-0.15, -0.1) is 0 Å². The van der Waals surface area contributed by atoms with E-state index in [-0.39, 0.29) is 22.9 Å². The summed E-state index contributed by atoms with van der Waals surface area (Å²) in [6.45, 7) is 0. The van der Waals surface area contributed by atoms with Gasteiger partial charge >= 0.3 is 5.69 Å². The number of hydrogen-bond donors (Lipinski definition) is 1. The average Bonchev–Trinajstić information content (AvgIpc) is 2.32. The van der Waals surface area contributed by atoms with E-state index in [1.807, 2.05) is 0 Å². The number of rotatable bonds is 3. The van der Waals surface area contributed by atoms with Gasteiger partial charge in [0.1, 0.15) is 5.82 Å². The Labute approximate surface area is 101 Å². The minimum absolute atomic E-state index is 0.179. The number of anilines is 1. The molecule has 0 spiro atoms. The Morgan fingerprint density at radius 1 is 1.33 bits per heavy atom. The van der Waals surface area contributed by atoms with Crippen LogP contribution in [0.25, 0.3) is 0 Å². The molecule has 0 saturated carbocycles. The fourth-order valence-electron chi connectivity index (χ4n) is 1.33. The summed E-state index contributed by atoms with van der Waals surface area (Å²) >= 11 is 0. The van der Waals surface area contributed by atoms with Gasteiger partial charge in [-0.25, -0.2) is 4.39 Å². The molecule has 0 saturated heterocycles. The highest BCUT2D eigenvalue weighted by molar-refractivity contribution is 5.55. The molecule has 1 aromatic heterocycles. The van der Waals surface area contributed by atoms with Crippen LogP contribution in [0.1, 0.15) is 0 Å². The van der Waals surface area contributed by atoms with E-state index < -0.39 is 10.7 Å². The monoisotopic (exact) mass is 249 g/mol. The van der Waals surface area contributed by atoms with Gasteiger partial charge in [-0.1, -0.05) is 0 Å². The molecular weight excluding hydrogens is 241 g/mol. The number of nitrogen functional groups attached to an aromatic ring is 1. The van der Waals surface area contributed by atoms with E-state index in [2.05, 4.69) is 4.98 Å². The number of hydrogen-bond acceptors (Lipinski definition) is 5. The highest BCUT2D eigenvalue weighted by Gasteiger charge is 2.17. The summed E-state index contributed by atoms with van der Waals surface area (Å²) in [5.41, 5.74) is 5.45. The Balaban J connectivity index is 2.42. The van der Waals surface area contributed by atoms with Crippen molar-refractivity contribution in [2.75, 3.05) is 5.73 Å². The fourth-order valence-corrected chi connectivity index (χ4v) is 1.33. The molecule has 92 valence electrons. The van der Waals surface area contributed by atoms with E-state index in [4.69, 9.17) is 10.5 Å². The number of nitrogens with zero attached hydrogens (tertiary/aromatic N) is 2. The van der Waals surface area contributed by atoms with E-state index in [1.54, 1.807) is 0 Å². The number of ether oxygens (including phenoxy) is 1. The van der Waals surface area contributed by atoms with E-state index >= 15 is 0 Å². The van der Waals surface area contributed by atoms with Crippen LogP contribution in [-0.2, 0) is 0 Å². The molecule has 0 unspecified atom stereocenters. The minimum Gasteiger partial charge on any atom is -0.448 e. The number of nitrogens with two attached hydrogens (primary N) is 1. The van der Waals surface area contributed by atoms with Crippen LogP contribution in [0.4, 0.5) is 15.8 Å². The molecule has 0 aliphatic carbocycles. The summed E-state index contributed by atoms with van der Waals surface area (Å²) < 4.78 is 18.3. The lowest BCUT2D eigenvalue weighted by atomic mass is 10.3. The molecule has 0 aliphatic rings. The third kappa shape index (κ3) is 2.34. The molecule has 2 aromatic rings. The number of benzene rings is 1. The van der Waals surface area contributed by atoms with Crippen molar-refractivity contribution in [3.63, 3.8) is 0 Å². The van der Waals surface area contributed by atoms with Crippen molar-refractivity contribution in [1.29, 1.82) is 0 Å². The van der Waals surface area contributed by atoms with Gasteiger partial charge in [-0.2, -0.15) is 0 Å². The van der Waals surface area contributed by atoms with Gasteiger partial charge < -0.3 is 10.5 Å².